The summed E-state index contributed by atoms with van der Waals surface area (Å²) in [6, 6.07) is 0. The molecular weight excluding hydrogens is 132 g/mol. The molecule has 0 aliphatic heterocycles. The van der Waals surface area contributed by atoms with E-state index in [0.717, 1.165) is 18.1 Å². The zero-order chi connectivity index (χ0) is 6.69. The minimum atomic E-state index is 0.416. The summed E-state index contributed by atoms with van der Waals surface area (Å²) in [5, 5.41) is 0.416. The van der Waals surface area contributed by atoms with Crippen molar-refractivity contribution in [3.8, 4) is 0 Å². The quantitative estimate of drug-likeness (QED) is 0.516. The molecule has 2 heteroatoms. The van der Waals surface area contributed by atoms with Crippen LogP contribution in [-0.2, 0) is 15.9 Å². The lowest BCUT2D eigenvalue weighted by Gasteiger charge is -2.15. The van der Waals surface area contributed by atoms with Crippen molar-refractivity contribution >= 4 is 11.7 Å². The minimum Gasteiger partial charge on any atom is -0.0569 e. The Bertz CT molecular complexity index is 103. The van der Waals surface area contributed by atoms with E-state index in [4.69, 9.17) is 0 Å². The maximum Gasteiger partial charge on any atom is 0.462 e. The molecule has 0 bridgehead atoms. The molecule has 0 aromatic heterocycles. The van der Waals surface area contributed by atoms with Crippen molar-refractivity contribution in [1.29, 1.82) is 0 Å². The van der Waals surface area contributed by atoms with Crippen molar-refractivity contribution in [2.75, 3.05) is 0 Å². The molecule has 0 spiro atoms. The summed E-state index contributed by atoms with van der Waals surface area (Å²) in [7, 11) is 0. The third kappa shape index (κ3) is 1.71. The molecule has 2 atom stereocenters. The van der Waals surface area contributed by atoms with Crippen molar-refractivity contribution in [1.82, 2.24) is 0 Å². The average molecular weight is 145 g/mol. The monoisotopic (exact) mass is 145 g/mol. The fraction of sp³-hybridized carbons (Fsp3) is 1.00. The lowest BCUT2D eigenvalue weighted by molar-refractivity contribution is 0.391. The fourth-order valence-electron chi connectivity index (χ4n) is 1.43. The van der Waals surface area contributed by atoms with Crippen molar-refractivity contribution < 1.29 is 4.21 Å². The Kier molecular flexibility index (Phi) is 2.58. The van der Waals surface area contributed by atoms with E-state index < -0.39 is 0 Å². The van der Waals surface area contributed by atoms with Gasteiger partial charge in [0, 0.05) is 16.5 Å². The fourth-order valence-corrected chi connectivity index (χ4v) is 2.01. The molecule has 0 radical (unpaired) electrons. The van der Waals surface area contributed by atoms with Crippen LogP contribution >= 0.6 is 0 Å². The molecule has 52 valence electrons. The van der Waals surface area contributed by atoms with Crippen molar-refractivity contribution in [2.24, 2.45) is 5.92 Å². The van der Waals surface area contributed by atoms with Gasteiger partial charge in [-0.25, -0.2) is 0 Å². The van der Waals surface area contributed by atoms with Crippen molar-refractivity contribution in [2.45, 2.75) is 37.9 Å². The molecule has 0 aromatic carbocycles. The molecule has 1 aliphatic rings. The minimum absolute atomic E-state index is 0.416. The predicted octanol–water partition coefficient (Wildman–Crippen LogP) is 1.99. The molecule has 1 fully saturated rings. The van der Waals surface area contributed by atoms with E-state index in [0.29, 0.717) is 11.2 Å². The van der Waals surface area contributed by atoms with Gasteiger partial charge in [0.2, 0.25) is 5.25 Å². The maximum atomic E-state index is 10.4. The van der Waals surface area contributed by atoms with Gasteiger partial charge in [0.25, 0.3) is 0 Å². The van der Waals surface area contributed by atoms with Crippen LogP contribution in [0.4, 0.5) is 0 Å². The van der Waals surface area contributed by atoms with E-state index in [1.54, 1.807) is 0 Å². The summed E-state index contributed by atoms with van der Waals surface area (Å²) in [5.41, 5.74) is 0. The first-order chi connectivity index (χ1) is 4.34. The van der Waals surface area contributed by atoms with Crippen LogP contribution in [0.3, 0.4) is 0 Å². The second kappa shape index (κ2) is 3.25. The first-order valence-electron chi connectivity index (χ1n) is 3.63. The van der Waals surface area contributed by atoms with Crippen LogP contribution in [0.1, 0.15) is 32.6 Å². The molecule has 9 heavy (non-hydrogen) atoms. The van der Waals surface area contributed by atoms with Crippen LogP contribution in [0.2, 0.25) is 0 Å². The standard InChI is InChI=1S/C7H13OS/c1-6-4-2-3-5-7(6)9-8/h6-7H,2-5H2,1H3/q+1. The van der Waals surface area contributed by atoms with Crippen molar-refractivity contribution in [3.63, 3.8) is 0 Å². The molecule has 0 N–H and O–H groups in total. The summed E-state index contributed by atoms with van der Waals surface area (Å²) in [4.78, 5) is 0. The molecule has 2 unspecified atom stereocenters. The molecule has 0 amide bonds. The Morgan fingerprint density at radius 1 is 1.33 bits per heavy atom. The second-order valence-corrected chi connectivity index (χ2v) is 3.69. The Labute approximate surface area is 60.3 Å². The second-order valence-electron chi connectivity index (χ2n) is 2.90. The van der Waals surface area contributed by atoms with Gasteiger partial charge in [-0.3, -0.25) is 0 Å². The van der Waals surface area contributed by atoms with E-state index in [9.17, 15) is 4.21 Å². The molecule has 1 saturated carbocycles. The van der Waals surface area contributed by atoms with Crippen molar-refractivity contribution in [3.05, 3.63) is 0 Å². The summed E-state index contributed by atoms with van der Waals surface area (Å²) < 4.78 is 10.4. The van der Waals surface area contributed by atoms with Gasteiger partial charge in [-0.15, -0.1) is 0 Å². The normalized spacial score (nSPS) is 36.1. The van der Waals surface area contributed by atoms with Gasteiger partial charge in [0.15, 0.2) is 0 Å². The first kappa shape index (κ1) is 7.13. The zero-order valence-electron chi connectivity index (χ0n) is 5.80. The summed E-state index contributed by atoms with van der Waals surface area (Å²) in [6.45, 7) is 2.19. The molecule has 1 rings (SSSR count). The summed E-state index contributed by atoms with van der Waals surface area (Å²) in [5.74, 6) is 0.668. The van der Waals surface area contributed by atoms with Crippen LogP contribution in [-0.4, -0.2) is 5.25 Å². The predicted molar refractivity (Wildman–Crippen MR) is 39.5 cm³/mol. The van der Waals surface area contributed by atoms with Gasteiger partial charge in [-0.1, -0.05) is 13.3 Å². The molecule has 1 nitrogen and oxygen atoms in total. The lowest BCUT2D eigenvalue weighted by Crippen LogP contribution is -2.20. The van der Waals surface area contributed by atoms with Crippen LogP contribution in [0.25, 0.3) is 0 Å². The van der Waals surface area contributed by atoms with Gasteiger partial charge in [-0.05, 0) is 12.8 Å². The van der Waals surface area contributed by atoms with Crippen LogP contribution in [0.5, 0.6) is 0 Å². The average Bonchev–Trinajstić information content (AvgIpc) is 1.89. The highest BCUT2D eigenvalue weighted by molar-refractivity contribution is 7.66. The molecule has 0 heterocycles. The molecule has 0 saturated heterocycles. The van der Waals surface area contributed by atoms with E-state index >= 15 is 0 Å². The van der Waals surface area contributed by atoms with E-state index in [1.807, 2.05) is 0 Å². The highest BCUT2D eigenvalue weighted by Crippen LogP contribution is 2.24. The zero-order valence-corrected chi connectivity index (χ0v) is 6.62. The summed E-state index contributed by atoms with van der Waals surface area (Å²) in [6.07, 6.45) is 5.01. The Hall–Kier alpha value is 0.0200. The van der Waals surface area contributed by atoms with Gasteiger partial charge in [0.1, 0.15) is 0 Å². The molecular formula is C7H13OS+. The van der Waals surface area contributed by atoms with Crippen LogP contribution in [0, 0.1) is 5.92 Å². The van der Waals surface area contributed by atoms with E-state index in [-0.39, 0.29) is 0 Å². The number of hydrogen-bond acceptors (Lipinski definition) is 1. The molecule has 0 aromatic rings. The van der Waals surface area contributed by atoms with E-state index in [2.05, 4.69) is 6.92 Å². The highest BCUT2D eigenvalue weighted by Gasteiger charge is 2.31. The Balaban J connectivity index is 2.38. The third-order valence-corrected chi connectivity index (χ3v) is 3.10. The first-order valence-corrected chi connectivity index (χ1v) is 4.43. The largest absolute Gasteiger partial charge is 0.462 e. The number of hydrogen-bond donors (Lipinski definition) is 0. The Morgan fingerprint density at radius 3 is 2.44 bits per heavy atom. The Morgan fingerprint density at radius 2 is 2.00 bits per heavy atom. The van der Waals surface area contributed by atoms with Crippen LogP contribution in [0.15, 0.2) is 0 Å². The van der Waals surface area contributed by atoms with Gasteiger partial charge in [0.05, 0.1) is 0 Å². The smallest absolute Gasteiger partial charge is 0.0569 e. The highest BCUT2D eigenvalue weighted by atomic mass is 32.1. The van der Waals surface area contributed by atoms with Gasteiger partial charge < -0.3 is 0 Å². The van der Waals surface area contributed by atoms with E-state index in [1.165, 1.54) is 19.3 Å². The van der Waals surface area contributed by atoms with Gasteiger partial charge >= 0.3 is 11.7 Å². The van der Waals surface area contributed by atoms with Crippen LogP contribution < -0.4 is 0 Å². The topological polar surface area (TPSA) is 17.1 Å². The number of rotatable bonds is 1. The SMILES string of the molecule is CC1CCCCC1[S+]=O. The van der Waals surface area contributed by atoms with Gasteiger partial charge in [-0.2, -0.15) is 0 Å². The molecule has 1 aliphatic carbocycles. The third-order valence-electron chi connectivity index (χ3n) is 2.16. The summed E-state index contributed by atoms with van der Waals surface area (Å²) >= 11 is 0.804. The lowest BCUT2D eigenvalue weighted by atomic mass is 9.90. The maximum absolute atomic E-state index is 10.4.